The van der Waals surface area contributed by atoms with Crippen molar-refractivity contribution in [3.05, 3.63) is 18.0 Å². The number of piperazine rings is 1. The lowest BCUT2D eigenvalue weighted by Gasteiger charge is -2.36. The van der Waals surface area contributed by atoms with Gasteiger partial charge in [-0.25, -0.2) is 0 Å². The number of amides is 2. The Morgan fingerprint density at radius 1 is 1.28 bits per heavy atom. The van der Waals surface area contributed by atoms with Gasteiger partial charge in [-0.2, -0.15) is 5.10 Å². The molecule has 0 bridgehead atoms. The number of carbonyl (C=O) groups excluding carboxylic acids is 2. The van der Waals surface area contributed by atoms with Crippen molar-refractivity contribution in [3.63, 3.8) is 0 Å². The second-order valence-electron chi connectivity index (χ2n) is 6.87. The van der Waals surface area contributed by atoms with E-state index in [9.17, 15) is 9.59 Å². The van der Waals surface area contributed by atoms with Crippen molar-refractivity contribution in [1.82, 2.24) is 30.2 Å². The van der Waals surface area contributed by atoms with E-state index in [4.69, 9.17) is 0 Å². The van der Waals surface area contributed by atoms with E-state index >= 15 is 0 Å². The number of nitrogens with one attached hydrogen (secondary N) is 2. The normalized spacial score (nSPS) is 24.5. The Labute approximate surface area is 148 Å². The molecule has 0 unspecified atom stereocenters. The second kappa shape index (κ2) is 7.97. The van der Waals surface area contributed by atoms with Crippen molar-refractivity contribution in [2.45, 2.75) is 12.8 Å². The van der Waals surface area contributed by atoms with E-state index in [0.717, 1.165) is 31.7 Å². The van der Waals surface area contributed by atoms with Gasteiger partial charge in [0.1, 0.15) is 0 Å². The van der Waals surface area contributed by atoms with E-state index in [1.165, 1.54) is 0 Å². The average molecular weight is 348 g/mol. The van der Waals surface area contributed by atoms with Crippen molar-refractivity contribution in [2.75, 3.05) is 52.4 Å². The summed E-state index contributed by atoms with van der Waals surface area (Å²) in [6.45, 7) is 7.41. The highest BCUT2D eigenvalue weighted by Gasteiger charge is 2.37. The topological polar surface area (TPSA) is 82.5 Å². The van der Waals surface area contributed by atoms with Crippen molar-refractivity contribution in [1.29, 1.82) is 0 Å². The number of likely N-dealkylation sites (N-methyl/N-ethyl adjacent to an activating group) is 1. The standard InChI is InChI=1S/C17H28N6O2/c1-3-19-16(24)12-22-4-6-23(7-5-22)17(25)15-10-18-9-14(15)13-8-20-21(2)11-13/h8,11,14-15,18H,3-7,9-10,12H2,1-2H3,(H,19,24)/t14-,15+/m1/s1. The molecular weight excluding hydrogens is 320 g/mol. The van der Waals surface area contributed by atoms with E-state index in [1.807, 2.05) is 31.3 Å². The Kier molecular flexibility index (Phi) is 5.70. The molecule has 0 spiro atoms. The SMILES string of the molecule is CCNC(=O)CN1CCN(C(=O)[C@H]2CNC[C@@H]2c2cnn(C)c2)CC1. The third-order valence-corrected chi connectivity index (χ3v) is 5.11. The molecule has 2 amide bonds. The molecule has 2 aliphatic rings. The highest BCUT2D eigenvalue weighted by molar-refractivity contribution is 5.81. The molecule has 0 radical (unpaired) electrons. The van der Waals surface area contributed by atoms with Crippen LogP contribution in [0.1, 0.15) is 18.4 Å². The maximum Gasteiger partial charge on any atom is 0.234 e. The minimum absolute atomic E-state index is 0.0286. The summed E-state index contributed by atoms with van der Waals surface area (Å²) >= 11 is 0. The molecule has 0 aliphatic carbocycles. The van der Waals surface area contributed by atoms with E-state index in [2.05, 4.69) is 20.6 Å². The van der Waals surface area contributed by atoms with Crippen LogP contribution in [0, 0.1) is 5.92 Å². The van der Waals surface area contributed by atoms with Crippen LogP contribution >= 0.6 is 0 Å². The van der Waals surface area contributed by atoms with Crippen LogP contribution in [0.3, 0.4) is 0 Å². The van der Waals surface area contributed by atoms with Crippen molar-refractivity contribution >= 4 is 11.8 Å². The molecule has 2 atom stereocenters. The highest BCUT2D eigenvalue weighted by atomic mass is 16.2. The van der Waals surface area contributed by atoms with Crippen LogP contribution in [0.15, 0.2) is 12.4 Å². The van der Waals surface area contributed by atoms with Crippen LogP contribution < -0.4 is 10.6 Å². The van der Waals surface area contributed by atoms with Crippen LogP contribution in [0.25, 0.3) is 0 Å². The molecule has 1 aromatic rings. The third kappa shape index (κ3) is 4.19. The fraction of sp³-hybridized carbons (Fsp3) is 0.706. The predicted molar refractivity (Wildman–Crippen MR) is 94.0 cm³/mol. The highest BCUT2D eigenvalue weighted by Crippen LogP contribution is 2.29. The third-order valence-electron chi connectivity index (χ3n) is 5.11. The Morgan fingerprint density at radius 2 is 2.04 bits per heavy atom. The summed E-state index contributed by atoms with van der Waals surface area (Å²) < 4.78 is 1.79. The minimum atomic E-state index is -0.0286. The lowest BCUT2D eigenvalue weighted by molar-refractivity contribution is -0.137. The smallest absolute Gasteiger partial charge is 0.234 e. The first kappa shape index (κ1) is 17.9. The number of nitrogens with zero attached hydrogens (tertiary/aromatic N) is 4. The summed E-state index contributed by atoms with van der Waals surface area (Å²) in [6, 6.07) is 0. The first-order valence-electron chi connectivity index (χ1n) is 9.05. The average Bonchev–Trinajstić information content (AvgIpc) is 3.23. The van der Waals surface area contributed by atoms with Gasteiger partial charge in [0, 0.05) is 65.0 Å². The van der Waals surface area contributed by atoms with Crippen LogP contribution in [-0.2, 0) is 16.6 Å². The lowest BCUT2D eigenvalue weighted by atomic mass is 9.89. The molecule has 2 N–H and O–H groups in total. The van der Waals surface area contributed by atoms with Gasteiger partial charge in [0.15, 0.2) is 0 Å². The van der Waals surface area contributed by atoms with Gasteiger partial charge in [-0.15, -0.1) is 0 Å². The molecule has 3 rings (SSSR count). The Balaban J connectivity index is 1.54. The minimum Gasteiger partial charge on any atom is -0.355 e. The quantitative estimate of drug-likeness (QED) is 0.714. The number of hydrogen-bond donors (Lipinski definition) is 2. The second-order valence-corrected chi connectivity index (χ2v) is 6.87. The first-order valence-corrected chi connectivity index (χ1v) is 9.05. The molecule has 8 nitrogen and oxygen atoms in total. The Morgan fingerprint density at radius 3 is 2.68 bits per heavy atom. The summed E-state index contributed by atoms with van der Waals surface area (Å²) in [5.74, 6) is 0.434. The Bertz CT molecular complexity index is 608. The Hall–Kier alpha value is -1.93. The molecule has 2 saturated heterocycles. The van der Waals surface area contributed by atoms with E-state index in [-0.39, 0.29) is 23.7 Å². The van der Waals surface area contributed by atoms with Crippen LogP contribution in [-0.4, -0.2) is 83.8 Å². The lowest BCUT2D eigenvalue weighted by Crippen LogP contribution is -2.52. The summed E-state index contributed by atoms with van der Waals surface area (Å²) in [7, 11) is 1.90. The molecule has 3 heterocycles. The maximum absolute atomic E-state index is 13.0. The summed E-state index contributed by atoms with van der Waals surface area (Å²) in [6.07, 6.45) is 3.87. The zero-order valence-corrected chi connectivity index (χ0v) is 15.1. The first-order chi connectivity index (χ1) is 12.1. The zero-order chi connectivity index (χ0) is 17.8. The monoisotopic (exact) mass is 348 g/mol. The van der Waals surface area contributed by atoms with Crippen molar-refractivity contribution < 1.29 is 9.59 Å². The van der Waals surface area contributed by atoms with Gasteiger partial charge in [0.05, 0.1) is 18.7 Å². The molecule has 25 heavy (non-hydrogen) atoms. The summed E-state index contributed by atoms with van der Waals surface area (Å²) in [5, 5.41) is 10.4. The van der Waals surface area contributed by atoms with E-state index in [0.29, 0.717) is 26.2 Å². The molecule has 2 fully saturated rings. The number of rotatable bonds is 5. The van der Waals surface area contributed by atoms with Crippen LogP contribution in [0.2, 0.25) is 0 Å². The van der Waals surface area contributed by atoms with E-state index in [1.54, 1.807) is 4.68 Å². The van der Waals surface area contributed by atoms with Gasteiger partial charge in [0.2, 0.25) is 11.8 Å². The molecule has 0 saturated carbocycles. The molecule has 1 aromatic heterocycles. The van der Waals surface area contributed by atoms with Gasteiger partial charge in [0.25, 0.3) is 0 Å². The molecule has 138 valence electrons. The molecular formula is C17H28N6O2. The maximum atomic E-state index is 13.0. The van der Waals surface area contributed by atoms with Crippen molar-refractivity contribution in [2.24, 2.45) is 13.0 Å². The number of hydrogen-bond acceptors (Lipinski definition) is 5. The summed E-state index contributed by atoms with van der Waals surface area (Å²) in [4.78, 5) is 28.7. The predicted octanol–water partition coefficient (Wildman–Crippen LogP) is -0.997. The van der Waals surface area contributed by atoms with E-state index < -0.39 is 0 Å². The van der Waals surface area contributed by atoms with Crippen LogP contribution in [0.4, 0.5) is 0 Å². The fourth-order valence-electron chi connectivity index (χ4n) is 3.74. The van der Waals surface area contributed by atoms with Gasteiger partial charge in [-0.05, 0) is 12.5 Å². The summed E-state index contributed by atoms with van der Waals surface area (Å²) in [5.41, 5.74) is 1.13. The molecule has 0 aromatic carbocycles. The van der Waals surface area contributed by atoms with Crippen LogP contribution in [0.5, 0.6) is 0 Å². The fourth-order valence-corrected chi connectivity index (χ4v) is 3.74. The number of aromatic nitrogens is 2. The molecule has 2 aliphatic heterocycles. The van der Waals surface area contributed by atoms with Gasteiger partial charge in [-0.3, -0.25) is 19.2 Å². The number of aryl methyl sites for hydroxylation is 1. The zero-order valence-electron chi connectivity index (χ0n) is 15.1. The van der Waals surface area contributed by atoms with Gasteiger partial charge >= 0.3 is 0 Å². The number of carbonyl (C=O) groups is 2. The largest absolute Gasteiger partial charge is 0.355 e. The van der Waals surface area contributed by atoms with Gasteiger partial charge in [-0.1, -0.05) is 0 Å². The molecule has 8 heteroatoms. The van der Waals surface area contributed by atoms with Gasteiger partial charge < -0.3 is 15.5 Å². The van der Waals surface area contributed by atoms with Crippen molar-refractivity contribution in [3.8, 4) is 0 Å².